The van der Waals surface area contributed by atoms with Crippen LogP contribution in [0.4, 0.5) is 14.9 Å². The number of carbonyl (C=O) groups is 3. The van der Waals surface area contributed by atoms with Crippen molar-refractivity contribution >= 4 is 34.4 Å². The second-order valence-electron chi connectivity index (χ2n) is 6.02. The Morgan fingerprint density at radius 3 is 2.40 bits per heavy atom. The molecule has 3 aromatic rings. The van der Waals surface area contributed by atoms with Crippen LogP contribution in [0.15, 0.2) is 58.1 Å². The summed E-state index contributed by atoms with van der Waals surface area (Å²) in [5, 5.41) is 6.53. The molecule has 2 aromatic carbocycles. The molecule has 0 fully saturated rings. The fourth-order valence-electron chi connectivity index (χ4n) is 2.56. The fourth-order valence-corrected chi connectivity index (χ4v) is 2.56. The van der Waals surface area contributed by atoms with Crippen molar-refractivity contribution in [1.82, 2.24) is 15.1 Å². The highest BCUT2D eigenvalue weighted by Crippen LogP contribution is 2.11. The second kappa shape index (κ2) is 8.82. The molecule has 1 heterocycles. The van der Waals surface area contributed by atoms with E-state index in [1.165, 1.54) is 30.3 Å². The Morgan fingerprint density at radius 1 is 1.00 bits per heavy atom. The number of anilines is 1. The van der Waals surface area contributed by atoms with Crippen LogP contribution in [0.1, 0.15) is 0 Å². The van der Waals surface area contributed by atoms with Gasteiger partial charge in [0.05, 0.1) is 16.5 Å². The standard InChI is InChI=1S/C19H15FN4O6/c20-13-7-3-4-8-14(13)21-19(29)22-15(25)10-30-16(26)9-24-18(28)12-6-2-1-5-11(12)17(27)23-24/h1-8H,9-10H2,(H,23,27)(H2,21,22,25,29). The first-order chi connectivity index (χ1) is 14.3. The lowest BCUT2D eigenvalue weighted by Crippen LogP contribution is -2.38. The summed E-state index contributed by atoms with van der Waals surface area (Å²) in [4.78, 5) is 59.6. The Bertz CT molecular complexity index is 1250. The molecular formula is C19H15FN4O6. The third-order valence-corrected chi connectivity index (χ3v) is 3.91. The molecule has 0 aliphatic rings. The van der Waals surface area contributed by atoms with Gasteiger partial charge in [-0.05, 0) is 24.3 Å². The molecule has 11 heteroatoms. The summed E-state index contributed by atoms with van der Waals surface area (Å²) in [5.74, 6) is -2.66. The van der Waals surface area contributed by atoms with Crippen molar-refractivity contribution in [1.29, 1.82) is 0 Å². The van der Waals surface area contributed by atoms with Crippen LogP contribution >= 0.6 is 0 Å². The number of ether oxygens (including phenoxy) is 1. The van der Waals surface area contributed by atoms with Gasteiger partial charge in [-0.2, -0.15) is 0 Å². The number of aromatic nitrogens is 2. The molecule has 0 saturated carbocycles. The Hall–Kier alpha value is -4.28. The molecular weight excluding hydrogens is 399 g/mol. The molecule has 3 amide bonds. The maximum Gasteiger partial charge on any atom is 0.328 e. The van der Waals surface area contributed by atoms with Crippen LogP contribution in [0.5, 0.6) is 0 Å². The number of imide groups is 1. The van der Waals surface area contributed by atoms with Crippen LogP contribution in [-0.4, -0.2) is 34.3 Å². The molecule has 0 radical (unpaired) electrons. The summed E-state index contributed by atoms with van der Waals surface area (Å²) in [6.45, 7) is -1.47. The normalized spacial score (nSPS) is 10.4. The third-order valence-electron chi connectivity index (χ3n) is 3.91. The van der Waals surface area contributed by atoms with E-state index in [-0.39, 0.29) is 16.5 Å². The quantitative estimate of drug-likeness (QED) is 0.526. The number of fused-ring (bicyclic) bond motifs is 1. The number of halogens is 1. The van der Waals surface area contributed by atoms with Gasteiger partial charge in [-0.15, -0.1) is 0 Å². The van der Waals surface area contributed by atoms with Crippen molar-refractivity contribution in [2.75, 3.05) is 11.9 Å². The zero-order valence-corrected chi connectivity index (χ0v) is 15.3. The maximum absolute atomic E-state index is 13.5. The van der Waals surface area contributed by atoms with Crippen LogP contribution in [0, 0.1) is 5.82 Å². The van der Waals surface area contributed by atoms with Gasteiger partial charge in [0.25, 0.3) is 17.0 Å². The lowest BCUT2D eigenvalue weighted by atomic mass is 10.2. The predicted octanol–water partition coefficient (Wildman–Crippen LogP) is 0.720. The van der Waals surface area contributed by atoms with Crippen molar-refractivity contribution in [2.45, 2.75) is 6.54 Å². The molecule has 0 bridgehead atoms. The van der Waals surface area contributed by atoms with Gasteiger partial charge in [0.2, 0.25) is 0 Å². The lowest BCUT2D eigenvalue weighted by Gasteiger charge is -2.09. The highest BCUT2D eigenvalue weighted by atomic mass is 19.1. The molecule has 3 rings (SSSR count). The summed E-state index contributed by atoms with van der Waals surface area (Å²) >= 11 is 0. The minimum absolute atomic E-state index is 0.122. The molecule has 0 aliphatic carbocycles. The highest BCUT2D eigenvalue weighted by Gasteiger charge is 2.14. The molecule has 0 unspecified atom stereocenters. The average molecular weight is 414 g/mol. The van der Waals surface area contributed by atoms with Crippen LogP contribution in [-0.2, 0) is 20.9 Å². The van der Waals surface area contributed by atoms with Gasteiger partial charge in [-0.3, -0.25) is 29.6 Å². The molecule has 1 aromatic heterocycles. The summed E-state index contributed by atoms with van der Waals surface area (Å²) in [6.07, 6.45) is 0. The topological polar surface area (TPSA) is 139 Å². The summed E-state index contributed by atoms with van der Waals surface area (Å²) in [5.41, 5.74) is -1.32. The van der Waals surface area contributed by atoms with Crippen molar-refractivity contribution in [2.24, 2.45) is 0 Å². The largest absolute Gasteiger partial charge is 0.454 e. The van der Waals surface area contributed by atoms with Crippen molar-refractivity contribution < 1.29 is 23.5 Å². The van der Waals surface area contributed by atoms with E-state index in [1.807, 2.05) is 5.32 Å². The number of nitrogens with one attached hydrogen (secondary N) is 3. The number of rotatable bonds is 5. The number of para-hydroxylation sites is 1. The smallest absolute Gasteiger partial charge is 0.328 e. The van der Waals surface area contributed by atoms with Crippen LogP contribution < -0.4 is 21.8 Å². The number of aromatic amines is 1. The van der Waals surface area contributed by atoms with E-state index in [2.05, 4.69) is 10.4 Å². The second-order valence-corrected chi connectivity index (χ2v) is 6.02. The minimum Gasteiger partial charge on any atom is -0.454 e. The van der Waals surface area contributed by atoms with E-state index < -0.39 is 48.0 Å². The number of H-pyrrole nitrogens is 1. The molecule has 0 saturated heterocycles. The van der Waals surface area contributed by atoms with Crippen molar-refractivity contribution in [3.63, 3.8) is 0 Å². The lowest BCUT2D eigenvalue weighted by molar-refractivity contribution is -0.149. The van der Waals surface area contributed by atoms with E-state index in [4.69, 9.17) is 4.74 Å². The number of benzene rings is 2. The van der Waals surface area contributed by atoms with Crippen molar-refractivity contribution in [3.05, 3.63) is 75.1 Å². The number of nitrogens with zero attached hydrogens (tertiary/aromatic N) is 1. The van der Waals surface area contributed by atoms with E-state index in [9.17, 15) is 28.4 Å². The average Bonchev–Trinajstić information content (AvgIpc) is 2.72. The van der Waals surface area contributed by atoms with Crippen LogP contribution in [0.3, 0.4) is 0 Å². The zero-order chi connectivity index (χ0) is 21.7. The summed E-state index contributed by atoms with van der Waals surface area (Å²) < 4.78 is 18.9. The summed E-state index contributed by atoms with van der Waals surface area (Å²) in [6, 6.07) is 10.4. The maximum atomic E-state index is 13.5. The van der Waals surface area contributed by atoms with Crippen molar-refractivity contribution in [3.8, 4) is 0 Å². The Kier molecular flexibility index (Phi) is 6.01. The number of carbonyl (C=O) groups excluding carboxylic acids is 3. The van der Waals surface area contributed by atoms with E-state index >= 15 is 0 Å². The number of urea groups is 1. The fraction of sp³-hybridized carbons (Fsp3) is 0.105. The molecule has 30 heavy (non-hydrogen) atoms. The van der Waals surface area contributed by atoms with Gasteiger partial charge in [0.1, 0.15) is 12.4 Å². The zero-order valence-electron chi connectivity index (χ0n) is 15.3. The SMILES string of the molecule is O=C(COC(=O)Cn1[nH]c(=O)c2ccccc2c1=O)NC(=O)Nc1ccccc1F. The van der Waals surface area contributed by atoms with Gasteiger partial charge in [-0.1, -0.05) is 24.3 Å². The van der Waals surface area contributed by atoms with Gasteiger partial charge in [-0.25, -0.2) is 13.9 Å². The summed E-state index contributed by atoms with van der Waals surface area (Å²) in [7, 11) is 0. The molecule has 0 spiro atoms. The van der Waals surface area contributed by atoms with Crippen LogP contribution in [0.25, 0.3) is 10.8 Å². The van der Waals surface area contributed by atoms with E-state index in [1.54, 1.807) is 12.1 Å². The number of hydrogen-bond acceptors (Lipinski definition) is 6. The van der Waals surface area contributed by atoms with Gasteiger partial charge >= 0.3 is 12.0 Å². The number of amides is 3. The first-order valence-electron chi connectivity index (χ1n) is 8.58. The van der Waals surface area contributed by atoms with E-state index in [0.29, 0.717) is 0 Å². The Morgan fingerprint density at radius 2 is 1.67 bits per heavy atom. The molecule has 0 atom stereocenters. The number of esters is 1. The highest BCUT2D eigenvalue weighted by molar-refractivity contribution is 6.01. The Labute approximate surface area is 167 Å². The molecule has 0 aliphatic heterocycles. The number of hydrogen-bond donors (Lipinski definition) is 3. The predicted molar refractivity (Wildman–Crippen MR) is 103 cm³/mol. The molecule has 3 N–H and O–H groups in total. The Balaban J connectivity index is 1.55. The third kappa shape index (κ3) is 4.76. The van der Waals surface area contributed by atoms with Gasteiger partial charge in [0.15, 0.2) is 6.61 Å². The van der Waals surface area contributed by atoms with Crippen LogP contribution in [0.2, 0.25) is 0 Å². The first-order valence-corrected chi connectivity index (χ1v) is 8.58. The van der Waals surface area contributed by atoms with Gasteiger partial charge < -0.3 is 10.1 Å². The molecule has 154 valence electrons. The van der Waals surface area contributed by atoms with Gasteiger partial charge in [0, 0.05) is 0 Å². The minimum atomic E-state index is -1.02. The first kappa shape index (κ1) is 20.5. The monoisotopic (exact) mass is 414 g/mol. The van der Waals surface area contributed by atoms with E-state index in [0.717, 1.165) is 10.7 Å². The molecule has 10 nitrogen and oxygen atoms in total.